The topological polar surface area (TPSA) is 129 Å². The maximum Gasteiger partial charge on any atom is 0.435 e. The number of sulfone groups is 1. The highest BCUT2D eigenvalue weighted by molar-refractivity contribution is 7.91. The number of aryl methyl sites for hydroxylation is 1. The van der Waals surface area contributed by atoms with Crippen molar-refractivity contribution in [2.75, 3.05) is 5.75 Å². The molecular weight excluding hydrogens is 380 g/mol. The number of amidine groups is 1. The van der Waals surface area contributed by atoms with Crippen LogP contribution in [0.25, 0.3) is 0 Å². The van der Waals surface area contributed by atoms with Gasteiger partial charge in [-0.15, -0.1) is 0 Å². The summed E-state index contributed by atoms with van der Waals surface area (Å²) in [7, 11) is -3.35. The van der Waals surface area contributed by atoms with Crippen molar-refractivity contribution in [1.29, 1.82) is 0 Å². The SMILES string of the molecule is CCS(=O)(=O)c1ccc(Oc2cc(C)cc(O/C(N)=N/N=[NH2+])c2)c(Cl)c1. The minimum atomic E-state index is -3.35. The fraction of sp³-hybridized carbons (Fsp3) is 0.188. The number of hydrogen-bond acceptors (Lipinski definition) is 5. The third kappa shape index (κ3) is 4.93. The van der Waals surface area contributed by atoms with Crippen molar-refractivity contribution in [3.63, 3.8) is 0 Å². The summed E-state index contributed by atoms with van der Waals surface area (Å²) in [6, 6.07) is 9.11. The molecule has 0 aromatic heterocycles. The highest BCUT2D eigenvalue weighted by atomic mass is 35.5. The van der Waals surface area contributed by atoms with Gasteiger partial charge in [0.05, 0.1) is 15.7 Å². The van der Waals surface area contributed by atoms with Crippen LogP contribution in [0.15, 0.2) is 51.6 Å². The van der Waals surface area contributed by atoms with Crippen molar-refractivity contribution in [3.05, 3.63) is 47.0 Å². The van der Waals surface area contributed by atoms with E-state index in [2.05, 4.69) is 10.3 Å². The molecule has 0 spiro atoms. The Kier molecular flexibility index (Phi) is 6.17. The van der Waals surface area contributed by atoms with E-state index in [1.165, 1.54) is 18.2 Å². The van der Waals surface area contributed by atoms with Gasteiger partial charge in [-0.3, -0.25) is 0 Å². The van der Waals surface area contributed by atoms with Gasteiger partial charge in [-0.2, -0.15) is 5.53 Å². The maximum absolute atomic E-state index is 11.9. The van der Waals surface area contributed by atoms with E-state index in [1.807, 2.05) is 6.92 Å². The first-order chi connectivity index (χ1) is 12.2. The van der Waals surface area contributed by atoms with Crippen molar-refractivity contribution in [2.45, 2.75) is 18.7 Å². The monoisotopic (exact) mass is 397 g/mol. The molecule has 0 bridgehead atoms. The Labute approximate surface area is 156 Å². The van der Waals surface area contributed by atoms with Crippen molar-refractivity contribution in [3.8, 4) is 17.2 Å². The van der Waals surface area contributed by atoms with Crippen molar-refractivity contribution in [2.24, 2.45) is 16.1 Å². The molecule has 8 nitrogen and oxygen atoms in total. The molecule has 138 valence electrons. The first kappa shape index (κ1) is 19.7. The summed E-state index contributed by atoms with van der Waals surface area (Å²) in [6.45, 7) is 3.40. The zero-order valence-corrected chi connectivity index (χ0v) is 15.7. The number of halogens is 1. The zero-order chi connectivity index (χ0) is 19.3. The van der Waals surface area contributed by atoms with Crippen LogP contribution < -0.4 is 20.7 Å². The summed E-state index contributed by atoms with van der Waals surface area (Å²) < 4.78 is 34.8. The molecule has 2 rings (SSSR count). The molecule has 4 N–H and O–H groups in total. The Morgan fingerprint density at radius 1 is 1.23 bits per heavy atom. The number of nitrogens with two attached hydrogens (primary N) is 2. The molecule has 0 radical (unpaired) electrons. The summed E-state index contributed by atoms with van der Waals surface area (Å²) in [6.07, 6.45) is 0. The van der Waals surface area contributed by atoms with Gasteiger partial charge in [0.25, 0.3) is 0 Å². The second-order valence-electron chi connectivity index (χ2n) is 5.24. The minimum absolute atomic E-state index is 0.0137. The predicted molar refractivity (Wildman–Crippen MR) is 97.0 cm³/mol. The van der Waals surface area contributed by atoms with Gasteiger partial charge < -0.3 is 15.2 Å². The highest BCUT2D eigenvalue weighted by Gasteiger charge is 2.15. The lowest BCUT2D eigenvalue weighted by Crippen LogP contribution is -2.25. The zero-order valence-electron chi connectivity index (χ0n) is 14.1. The van der Waals surface area contributed by atoms with Crippen LogP contribution >= 0.6 is 11.6 Å². The van der Waals surface area contributed by atoms with Crippen LogP contribution in [-0.2, 0) is 9.84 Å². The van der Waals surface area contributed by atoms with E-state index in [-0.39, 0.29) is 21.7 Å². The molecule has 0 saturated carbocycles. The number of rotatable bonds is 6. The lowest BCUT2D eigenvalue weighted by molar-refractivity contribution is -0.222. The van der Waals surface area contributed by atoms with Crippen LogP contribution in [-0.4, -0.2) is 20.2 Å². The number of benzene rings is 2. The quantitative estimate of drug-likeness (QED) is 0.333. The second kappa shape index (κ2) is 8.15. The predicted octanol–water partition coefficient (Wildman–Crippen LogP) is 2.05. The van der Waals surface area contributed by atoms with E-state index in [0.29, 0.717) is 17.2 Å². The molecule has 0 saturated heterocycles. The van der Waals surface area contributed by atoms with Crippen LogP contribution in [0.5, 0.6) is 17.2 Å². The molecule has 2 aromatic carbocycles. The largest absolute Gasteiger partial charge is 0.456 e. The van der Waals surface area contributed by atoms with Crippen molar-refractivity contribution < 1.29 is 23.4 Å². The molecular formula is C16H18ClN4O4S+. The van der Waals surface area contributed by atoms with Crippen LogP contribution in [0.3, 0.4) is 0 Å². The molecule has 2 aromatic rings. The first-order valence-corrected chi connectivity index (χ1v) is 9.51. The van der Waals surface area contributed by atoms with Crippen LogP contribution in [0.2, 0.25) is 5.02 Å². The van der Waals surface area contributed by atoms with Gasteiger partial charge in [0, 0.05) is 6.07 Å². The molecule has 0 amide bonds. The van der Waals surface area contributed by atoms with Crippen molar-refractivity contribution >= 4 is 27.5 Å². The van der Waals surface area contributed by atoms with Crippen molar-refractivity contribution in [1.82, 2.24) is 0 Å². The summed E-state index contributed by atoms with van der Waals surface area (Å²) in [5.74, 6) is 1.08. The van der Waals surface area contributed by atoms with Crippen LogP contribution in [0, 0.1) is 6.92 Å². The van der Waals surface area contributed by atoms with Gasteiger partial charge in [-0.05, 0) is 42.8 Å². The maximum atomic E-state index is 11.9. The van der Waals surface area contributed by atoms with E-state index >= 15 is 0 Å². The Bertz CT molecular complexity index is 961. The lowest BCUT2D eigenvalue weighted by atomic mass is 10.2. The minimum Gasteiger partial charge on any atom is -0.456 e. The van der Waals surface area contributed by atoms with E-state index in [0.717, 1.165) is 5.56 Å². The van der Waals surface area contributed by atoms with Gasteiger partial charge in [-0.1, -0.05) is 18.5 Å². The van der Waals surface area contributed by atoms with E-state index in [1.54, 1.807) is 25.1 Å². The molecule has 26 heavy (non-hydrogen) atoms. The van der Waals surface area contributed by atoms with Crippen LogP contribution in [0.4, 0.5) is 0 Å². The molecule has 0 aliphatic heterocycles. The second-order valence-corrected chi connectivity index (χ2v) is 7.92. The number of ether oxygens (including phenoxy) is 2. The van der Waals surface area contributed by atoms with Gasteiger partial charge in [-0.25, -0.2) is 8.42 Å². The Morgan fingerprint density at radius 3 is 2.54 bits per heavy atom. The Hall–Kier alpha value is -2.65. The Morgan fingerprint density at radius 2 is 1.92 bits per heavy atom. The van der Waals surface area contributed by atoms with Gasteiger partial charge in [0.1, 0.15) is 27.6 Å². The number of hydrogen-bond donors (Lipinski definition) is 2. The van der Waals surface area contributed by atoms with E-state index in [9.17, 15) is 8.42 Å². The summed E-state index contributed by atoms with van der Waals surface area (Å²) in [4.78, 5) is 0.139. The Balaban J connectivity index is 2.30. The number of nitrogens with zero attached hydrogens (tertiary/aromatic N) is 2. The average molecular weight is 398 g/mol. The van der Waals surface area contributed by atoms with Gasteiger partial charge in [0.15, 0.2) is 9.84 Å². The third-order valence-corrected chi connectivity index (χ3v) is 5.30. The molecule has 0 atom stereocenters. The highest BCUT2D eigenvalue weighted by Crippen LogP contribution is 2.33. The molecule has 0 fully saturated rings. The van der Waals surface area contributed by atoms with E-state index < -0.39 is 9.84 Å². The van der Waals surface area contributed by atoms with Gasteiger partial charge >= 0.3 is 6.02 Å². The molecule has 0 heterocycles. The third-order valence-electron chi connectivity index (χ3n) is 3.27. The fourth-order valence-electron chi connectivity index (χ4n) is 2.08. The molecule has 0 aliphatic carbocycles. The first-order valence-electron chi connectivity index (χ1n) is 7.48. The lowest BCUT2D eigenvalue weighted by Gasteiger charge is -2.11. The molecule has 10 heteroatoms. The average Bonchev–Trinajstić information content (AvgIpc) is 2.56. The summed E-state index contributed by atoms with van der Waals surface area (Å²) in [5.41, 5.74) is 11.2. The van der Waals surface area contributed by atoms with Crippen LogP contribution in [0.1, 0.15) is 12.5 Å². The normalized spacial score (nSPS) is 11.9. The summed E-state index contributed by atoms with van der Waals surface area (Å²) >= 11 is 6.16. The van der Waals surface area contributed by atoms with Gasteiger partial charge in [0.2, 0.25) is 0 Å². The molecule has 0 unspecified atom stereocenters. The summed E-state index contributed by atoms with van der Waals surface area (Å²) in [5, 5.41) is 6.58. The smallest absolute Gasteiger partial charge is 0.435 e. The standard InChI is InChI=1S/C16H17ClN4O4S/c1-3-26(22,23)13-4-5-15(14(17)9-13)24-11-6-10(2)7-12(8-11)25-16(18)20-21-19/h4-9H,3H2,1-2H3,(H3,18,19,20)/p+1. The molecule has 0 aliphatic rings. The fourth-order valence-corrected chi connectivity index (χ4v) is 3.27. The van der Waals surface area contributed by atoms with E-state index in [4.69, 9.17) is 32.3 Å².